The predicted molar refractivity (Wildman–Crippen MR) is 181 cm³/mol. The van der Waals surface area contributed by atoms with Gasteiger partial charge in [0.2, 0.25) is 11.9 Å². The third-order valence-electron chi connectivity index (χ3n) is 8.61. The van der Waals surface area contributed by atoms with Gasteiger partial charge in [-0.1, -0.05) is 56.2 Å². The molecular formula is C35H37ClN8O3. The lowest BCUT2D eigenvalue weighted by molar-refractivity contribution is -0.142. The molecule has 242 valence electrons. The molecule has 6 rings (SSSR count). The minimum Gasteiger partial charge on any atom is -0.368 e. The molecule has 0 saturated carbocycles. The Balaban J connectivity index is 1.56. The fraction of sp³-hybridized carbons (Fsp3) is 0.314. The maximum atomic E-state index is 14.3. The van der Waals surface area contributed by atoms with Gasteiger partial charge in [-0.2, -0.15) is 5.10 Å². The molecule has 2 amide bonds. The van der Waals surface area contributed by atoms with Gasteiger partial charge >= 0.3 is 0 Å². The highest BCUT2D eigenvalue weighted by Gasteiger charge is 2.38. The SMILES string of the molecule is CCC1=CC(c2cnn(C)c2)=C(c2cnc(N)nc2)c2cc(C(=O)NCc3ccc(Cl)cc3)c(=O)n(CC(=O)N3CC(C)(C)C3)c2C1. The molecule has 3 N–H and O–H groups in total. The van der Waals surface area contributed by atoms with Crippen LogP contribution >= 0.6 is 11.6 Å². The number of nitrogen functional groups attached to an aromatic ring is 1. The van der Waals surface area contributed by atoms with Crippen molar-refractivity contribution in [1.29, 1.82) is 0 Å². The van der Waals surface area contributed by atoms with E-state index < -0.39 is 11.5 Å². The summed E-state index contributed by atoms with van der Waals surface area (Å²) in [6.45, 7) is 7.45. The van der Waals surface area contributed by atoms with Gasteiger partial charge in [0.05, 0.1) is 6.20 Å². The normalized spacial score (nSPS) is 15.4. The monoisotopic (exact) mass is 652 g/mol. The summed E-state index contributed by atoms with van der Waals surface area (Å²) in [5, 5.41) is 7.89. The van der Waals surface area contributed by atoms with Crippen LogP contribution < -0.4 is 16.6 Å². The molecule has 1 saturated heterocycles. The number of hydrogen-bond acceptors (Lipinski definition) is 7. The second kappa shape index (κ2) is 12.6. The molecule has 2 aliphatic rings. The molecule has 4 aromatic rings. The quantitative estimate of drug-likeness (QED) is 0.290. The van der Waals surface area contributed by atoms with Crippen molar-refractivity contribution >= 4 is 40.5 Å². The Kier molecular flexibility index (Phi) is 8.59. The maximum absolute atomic E-state index is 14.3. The summed E-state index contributed by atoms with van der Waals surface area (Å²) in [4.78, 5) is 52.1. The van der Waals surface area contributed by atoms with Gasteiger partial charge in [0.1, 0.15) is 12.1 Å². The average Bonchev–Trinajstić information content (AvgIpc) is 3.39. The van der Waals surface area contributed by atoms with Crippen molar-refractivity contribution < 1.29 is 9.59 Å². The van der Waals surface area contributed by atoms with Crippen molar-refractivity contribution in [2.75, 3.05) is 18.8 Å². The first-order valence-corrected chi connectivity index (χ1v) is 15.9. The molecule has 0 unspecified atom stereocenters. The largest absolute Gasteiger partial charge is 0.368 e. The Morgan fingerprint density at radius 1 is 1.06 bits per heavy atom. The molecule has 3 aromatic heterocycles. The molecule has 1 aliphatic carbocycles. The Hall–Kier alpha value is -5.03. The van der Waals surface area contributed by atoms with Gasteiger partial charge < -0.3 is 20.5 Å². The molecule has 47 heavy (non-hydrogen) atoms. The van der Waals surface area contributed by atoms with Crippen LogP contribution in [0, 0.1) is 5.41 Å². The van der Waals surface area contributed by atoms with Crippen LogP contribution in [0.4, 0.5) is 5.95 Å². The molecule has 0 spiro atoms. The number of amides is 2. The summed E-state index contributed by atoms with van der Waals surface area (Å²) >= 11 is 6.04. The summed E-state index contributed by atoms with van der Waals surface area (Å²) in [5.74, 6) is -0.610. The molecule has 0 bridgehead atoms. The average molecular weight is 653 g/mol. The van der Waals surface area contributed by atoms with Crippen molar-refractivity contribution in [2.45, 2.75) is 46.7 Å². The lowest BCUT2D eigenvalue weighted by Gasteiger charge is -2.46. The minimum atomic E-state index is -0.553. The number of allylic oxidation sites excluding steroid dienone is 3. The first kappa shape index (κ1) is 31.9. The van der Waals surface area contributed by atoms with Gasteiger partial charge in [0, 0.05) is 84.7 Å². The van der Waals surface area contributed by atoms with E-state index in [1.54, 1.807) is 46.4 Å². The number of carbonyl (C=O) groups is 2. The summed E-state index contributed by atoms with van der Waals surface area (Å²) in [5.41, 5.74) is 11.4. The van der Waals surface area contributed by atoms with E-state index in [4.69, 9.17) is 17.3 Å². The van der Waals surface area contributed by atoms with Gasteiger partial charge in [-0.05, 0) is 41.2 Å². The number of rotatable bonds is 8. The van der Waals surface area contributed by atoms with Gasteiger partial charge in [-0.3, -0.25) is 19.1 Å². The van der Waals surface area contributed by atoms with Crippen LogP contribution in [-0.2, 0) is 31.4 Å². The van der Waals surface area contributed by atoms with Crippen LogP contribution in [0.2, 0.25) is 5.02 Å². The highest BCUT2D eigenvalue weighted by atomic mass is 35.5. The number of hydrogen-bond donors (Lipinski definition) is 2. The molecule has 0 atom stereocenters. The number of nitrogens with one attached hydrogen (secondary N) is 1. The van der Waals surface area contributed by atoms with Crippen LogP contribution in [0.5, 0.6) is 0 Å². The summed E-state index contributed by atoms with van der Waals surface area (Å²) in [6.07, 6.45) is 10.1. The van der Waals surface area contributed by atoms with Crippen LogP contribution in [0.1, 0.15) is 65.5 Å². The fourth-order valence-electron chi connectivity index (χ4n) is 6.20. The molecule has 4 heterocycles. The molecule has 1 aliphatic heterocycles. The van der Waals surface area contributed by atoms with E-state index in [1.807, 2.05) is 25.4 Å². The van der Waals surface area contributed by atoms with E-state index in [0.717, 1.165) is 22.3 Å². The van der Waals surface area contributed by atoms with E-state index in [0.29, 0.717) is 53.3 Å². The molecule has 0 radical (unpaired) electrons. The number of nitrogens with two attached hydrogens (primary N) is 1. The van der Waals surface area contributed by atoms with Crippen molar-refractivity contribution in [3.05, 3.63) is 116 Å². The first-order chi connectivity index (χ1) is 22.4. The highest BCUT2D eigenvalue weighted by molar-refractivity contribution is 6.30. The lowest BCUT2D eigenvalue weighted by Crippen LogP contribution is -2.56. The van der Waals surface area contributed by atoms with Crippen LogP contribution in [0.15, 0.2) is 71.6 Å². The Labute approximate surface area is 277 Å². The molecule has 12 heteroatoms. The van der Waals surface area contributed by atoms with Crippen molar-refractivity contribution in [3.8, 4) is 0 Å². The summed E-state index contributed by atoms with van der Waals surface area (Å²) in [6, 6.07) is 8.74. The zero-order chi connectivity index (χ0) is 33.5. The summed E-state index contributed by atoms with van der Waals surface area (Å²) < 4.78 is 3.20. The van der Waals surface area contributed by atoms with E-state index in [-0.39, 0.29) is 35.9 Å². The molecule has 11 nitrogen and oxygen atoms in total. The van der Waals surface area contributed by atoms with E-state index >= 15 is 0 Å². The number of fused-ring (bicyclic) bond motifs is 1. The van der Waals surface area contributed by atoms with Gasteiger partial charge in [-0.25, -0.2) is 9.97 Å². The van der Waals surface area contributed by atoms with Gasteiger partial charge in [-0.15, -0.1) is 0 Å². The minimum absolute atomic E-state index is 0.0166. The van der Waals surface area contributed by atoms with E-state index in [9.17, 15) is 14.4 Å². The number of carbonyl (C=O) groups excluding carboxylic acids is 2. The lowest BCUT2D eigenvalue weighted by atomic mass is 9.84. The standard InChI is InChI=1S/C35H37ClN8O3/c1-5-21-10-26(24-16-41-42(4)17-24)31(23-14-39-34(37)40-15-23)27-12-28(32(46)38-13-22-6-8-25(36)9-7-22)33(47)44(29(27)11-21)18-30(45)43-19-35(2,3)20-43/h6-10,12,14-17H,5,11,13,18-20H2,1-4H3,(H,38,46)(H2,37,39,40). The topological polar surface area (TPSA) is 141 Å². The van der Waals surface area contributed by atoms with Crippen LogP contribution in [0.25, 0.3) is 11.1 Å². The zero-order valence-electron chi connectivity index (χ0n) is 26.9. The number of halogens is 1. The van der Waals surface area contributed by atoms with Crippen LogP contribution in [-0.4, -0.2) is 54.1 Å². The fourth-order valence-corrected chi connectivity index (χ4v) is 6.32. The molecule has 1 aromatic carbocycles. The number of aromatic nitrogens is 5. The van der Waals surface area contributed by atoms with Gasteiger partial charge in [0.15, 0.2) is 0 Å². The van der Waals surface area contributed by atoms with Crippen LogP contribution in [0.3, 0.4) is 0 Å². The zero-order valence-corrected chi connectivity index (χ0v) is 27.6. The van der Waals surface area contributed by atoms with Gasteiger partial charge in [0.25, 0.3) is 11.5 Å². The molecule has 1 fully saturated rings. The second-order valence-corrected chi connectivity index (χ2v) is 13.3. The number of anilines is 1. The third kappa shape index (κ3) is 6.62. The number of nitrogens with zero attached hydrogens (tertiary/aromatic N) is 6. The maximum Gasteiger partial charge on any atom is 0.264 e. The Morgan fingerprint density at radius 2 is 1.77 bits per heavy atom. The highest BCUT2D eigenvalue weighted by Crippen LogP contribution is 2.39. The number of pyridine rings is 1. The second-order valence-electron chi connectivity index (χ2n) is 12.9. The van der Waals surface area contributed by atoms with Crippen molar-refractivity contribution in [2.24, 2.45) is 12.5 Å². The number of likely N-dealkylation sites (tertiary alicyclic amines) is 1. The number of benzene rings is 1. The Morgan fingerprint density at radius 3 is 2.38 bits per heavy atom. The third-order valence-corrected chi connectivity index (χ3v) is 8.86. The predicted octanol–water partition coefficient (Wildman–Crippen LogP) is 4.26. The van der Waals surface area contributed by atoms with E-state index in [2.05, 4.69) is 47.2 Å². The van der Waals surface area contributed by atoms with Crippen molar-refractivity contribution in [1.82, 2.24) is 34.5 Å². The first-order valence-electron chi connectivity index (χ1n) is 15.5. The molecular weight excluding hydrogens is 616 g/mol. The smallest absolute Gasteiger partial charge is 0.264 e. The number of aryl methyl sites for hydroxylation is 1. The van der Waals surface area contributed by atoms with Crippen molar-refractivity contribution in [3.63, 3.8) is 0 Å². The summed E-state index contributed by atoms with van der Waals surface area (Å²) in [7, 11) is 1.84. The van der Waals surface area contributed by atoms with E-state index in [1.165, 1.54) is 4.57 Å². The Bertz CT molecular complexity index is 1980.